The molecular formula is C13H18BrNO4. The lowest BCUT2D eigenvalue weighted by Gasteiger charge is -2.18. The van der Waals surface area contributed by atoms with Gasteiger partial charge >= 0.3 is 0 Å². The highest BCUT2D eigenvalue weighted by Gasteiger charge is 2.12. The SMILES string of the molecule is COc1cccc(OC)c1OCCN(C)C(=O)CBr. The van der Waals surface area contributed by atoms with Gasteiger partial charge in [0.05, 0.1) is 26.1 Å². The fourth-order valence-electron chi connectivity index (χ4n) is 1.47. The Morgan fingerprint density at radius 1 is 1.26 bits per heavy atom. The van der Waals surface area contributed by atoms with Gasteiger partial charge in [0.2, 0.25) is 11.7 Å². The molecule has 106 valence electrons. The second-order valence-corrected chi connectivity index (χ2v) is 4.35. The summed E-state index contributed by atoms with van der Waals surface area (Å²) in [4.78, 5) is 13.0. The molecule has 0 bridgehead atoms. The van der Waals surface area contributed by atoms with Crippen molar-refractivity contribution in [3.8, 4) is 17.2 Å². The number of likely N-dealkylation sites (N-methyl/N-ethyl adjacent to an activating group) is 1. The van der Waals surface area contributed by atoms with Crippen LogP contribution in [0.1, 0.15) is 0 Å². The minimum Gasteiger partial charge on any atom is -0.493 e. The van der Waals surface area contributed by atoms with Crippen molar-refractivity contribution in [3.63, 3.8) is 0 Å². The molecule has 0 atom stereocenters. The van der Waals surface area contributed by atoms with Crippen molar-refractivity contribution in [2.24, 2.45) is 0 Å². The monoisotopic (exact) mass is 331 g/mol. The number of carbonyl (C=O) groups excluding carboxylic acids is 1. The number of nitrogens with zero attached hydrogens (tertiary/aromatic N) is 1. The summed E-state index contributed by atoms with van der Waals surface area (Å²) in [7, 11) is 4.87. The Morgan fingerprint density at radius 3 is 2.32 bits per heavy atom. The molecule has 0 saturated carbocycles. The maximum atomic E-state index is 11.4. The van der Waals surface area contributed by atoms with Gasteiger partial charge in [-0.05, 0) is 12.1 Å². The van der Waals surface area contributed by atoms with E-state index in [4.69, 9.17) is 14.2 Å². The first kappa shape index (κ1) is 15.6. The zero-order valence-electron chi connectivity index (χ0n) is 11.3. The molecule has 0 radical (unpaired) electrons. The van der Waals surface area contributed by atoms with Gasteiger partial charge in [0, 0.05) is 7.05 Å². The largest absolute Gasteiger partial charge is 0.493 e. The van der Waals surface area contributed by atoms with Gasteiger partial charge in [0.15, 0.2) is 11.5 Å². The zero-order valence-corrected chi connectivity index (χ0v) is 12.9. The number of benzene rings is 1. The van der Waals surface area contributed by atoms with Crippen molar-refractivity contribution >= 4 is 21.8 Å². The van der Waals surface area contributed by atoms with Crippen LogP contribution >= 0.6 is 15.9 Å². The molecule has 1 aromatic rings. The number of carbonyl (C=O) groups is 1. The van der Waals surface area contributed by atoms with Crippen LogP contribution in [0.4, 0.5) is 0 Å². The third-order valence-electron chi connectivity index (χ3n) is 2.60. The summed E-state index contributed by atoms with van der Waals surface area (Å²) in [6, 6.07) is 5.42. The Hall–Kier alpha value is -1.43. The van der Waals surface area contributed by atoms with Gasteiger partial charge in [0.1, 0.15) is 6.61 Å². The molecule has 0 unspecified atom stereocenters. The second-order valence-electron chi connectivity index (χ2n) is 3.79. The minimum atomic E-state index is 0.00981. The van der Waals surface area contributed by atoms with Crippen molar-refractivity contribution in [2.45, 2.75) is 0 Å². The zero-order chi connectivity index (χ0) is 14.3. The predicted octanol–water partition coefficient (Wildman–Crippen LogP) is 1.94. The van der Waals surface area contributed by atoms with E-state index in [9.17, 15) is 4.79 Å². The summed E-state index contributed by atoms with van der Waals surface area (Å²) >= 11 is 3.13. The average molecular weight is 332 g/mol. The quantitative estimate of drug-likeness (QED) is 0.716. The fraction of sp³-hybridized carbons (Fsp3) is 0.462. The van der Waals surface area contributed by atoms with E-state index in [1.54, 1.807) is 38.3 Å². The molecule has 19 heavy (non-hydrogen) atoms. The van der Waals surface area contributed by atoms with Gasteiger partial charge < -0.3 is 19.1 Å². The number of halogens is 1. The van der Waals surface area contributed by atoms with E-state index in [2.05, 4.69) is 15.9 Å². The third kappa shape index (κ3) is 4.31. The van der Waals surface area contributed by atoms with Crippen molar-refractivity contribution in [2.75, 3.05) is 39.7 Å². The molecule has 0 heterocycles. The number of ether oxygens (including phenoxy) is 3. The Kier molecular flexibility index (Phi) is 6.49. The van der Waals surface area contributed by atoms with Crippen LogP contribution in [0.2, 0.25) is 0 Å². The highest BCUT2D eigenvalue weighted by atomic mass is 79.9. The van der Waals surface area contributed by atoms with E-state index < -0.39 is 0 Å². The topological polar surface area (TPSA) is 48.0 Å². The normalized spacial score (nSPS) is 9.89. The van der Waals surface area contributed by atoms with Crippen LogP contribution < -0.4 is 14.2 Å². The standard InChI is InChI=1S/C13H18BrNO4/c1-15(12(16)9-14)7-8-19-13-10(17-2)5-4-6-11(13)18-3/h4-6H,7-9H2,1-3H3. The summed E-state index contributed by atoms with van der Waals surface area (Å²) in [6.45, 7) is 0.859. The average Bonchev–Trinajstić information content (AvgIpc) is 2.46. The van der Waals surface area contributed by atoms with Crippen molar-refractivity contribution in [3.05, 3.63) is 18.2 Å². The number of alkyl halides is 1. The van der Waals surface area contributed by atoms with E-state index in [0.717, 1.165) is 0 Å². The number of para-hydroxylation sites is 1. The Balaban J connectivity index is 2.64. The van der Waals surface area contributed by atoms with Crippen molar-refractivity contribution in [1.82, 2.24) is 4.90 Å². The van der Waals surface area contributed by atoms with E-state index in [1.165, 1.54) is 0 Å². The lowest BCUT2D eigenvalue weighted by Crippen LogP contribution is -2.31. The van der Waals surface area contributed by atoms with Gasteiger partial charge in [-0.1, -0.05) is 22.0 Å². The van der Waals surface area contributed by atoms with Gasteiger partial charge in [-0.2, -0.15) is 0 Å². The Morgan fingerprint density at radius 2 is 1.84 bits per heavy atom. The van der Waals surface area contributed by atoms with E-state index in [-0.39, 0.29) is 5.91 Å². The number of hydrogen-bond acceptors (Lipinski definition) is 4. The molecule has 0 aliphatic carbocycles. The molecule has 0 aromatic heterocycles. The summed E-state index contributed by atoms with van der Waals surface area (Å²) in [5, 5.41) is 0.307. The first-order valence-electron chi connectivity index (χ1n) is 5.77. The van der Waals surface area contributed by atoms with Crippen molar-refractivity contribution < 1.29 is 19.0 Å². The molecule has 0 N–H and O–H groups in total. The Bertz CT molecular complexity index is 403. The number of hydrogen-bond donors (Lipinski definition) is 0. The van der Waals surface area contributed by atoms with Gasteiger partial charge in [-0.25, -0.2) is 0 Å². The summed E-state index contributed by atoms with van der Waals surface area (Å²) in [6.07, 6.45) is 0. The molecule has 5 nitrogen and oxygen atoms in total. The maximum absolute atomic E-state index is 11.4. The molecule has 1 rings (SSSR count). The second kappa shape index (κ2) is 7.89. The molecule has 0 spiro atoms. The van der Waals surface area contributed by atoms with Crippen LogP contribution in [-0.4, -0.2) is 50.6 Å². The number of amides is 1. The minimum absolute atomic E-state index is 0.00981. The van der Waals surface area contributed by atoms with Crippen LogP contribution in [0.25, 0.3) is 0 Å². The molecule has 0 aliphatic rings. The number of rotatable bonds is 7. The van der Waals surface area contributed by atoms with Crippen LogP contribution in [0.15, 0.2) is 18.2 Å². The maximum Gasteiger partial charge on any atom is 0.233 e. The predicted molar refractivity (Wildman–Crippen MR) is 76.5 cm³/mol. The van der Waals surface area contributed by atoms with Gasteiger partial charge in [-0.3, -0.25) is 4.79 Å². The first-order chi connectivity index (χ1) is 9.13. The fourth-order valence-corrected chi connectivity index (χ4v) is 1.90. The Labute approximate surface area is 121 Å². The van der Waals surface area contributed by atoms with E-state index in [1.807, 2.05) is 6.07 Å². The summed E-state index contributed by atoms with van der Waals surface area (Å²) in [5.41, 5.74) is 0. The molecule has 0 saturated heterocycles. The lowest BCUT2D eigenvalue weighted by molar-refractivity contribution is -0.127. The molecule has 1 aromatic carbocycles. The molecule has 6 heteroatoms. The smallest absolute Gasteiger partial charge is 0.233 e. The van der Waals surface area contributed by atoms with Gasteiger partial charge in [-0.15, -0.1) is 0 Å². The summed E-state index contributed by atoms with van der Waals surface area (Å²) < 4.78 is 16.1. The first-order valence-corrected chi connectivity index (χ1v) is 6.90. The number of methoxy groups -OCH3 is 2. The van der Waals surface area contributed by atoms with Crippen molar-refractivity contribution in [1.29, 1.82) is 0 Å². The summed E-state index contributed by atoms with van der Waals surface area (Å²) in [5.74, 6) is 1.77. The molecule has 0 fully saturated rings. The lowest BCUT2D eigenvalue weighted by atomic mass is 10.3. The molecule has 0 aliphatic heterocycles. The third-order valence-corrected chi connectivity index (χ3v) is 3.08. The molecular weight excluding hydrogens is 314 g/mol. The van der Waals surface area contributed by atoms with Crippen LogP contribution in [0.3, 0.4) is 0 Å². The van der Waals surface area contributed by atoms with Gasteiger partial charge in [0.25, 0.3) is 0 Å². The van der Waals surface area contributed by atoms with Crippen LogP contribution in [0.5, 0.6) is 17.2 Å². The molecule has 1 amide bonds. The highest BCUT2D eigenvalue weighted by Crippen LogP contribution is 2.36. The van der Waals surface area contributed by atoms with E-state index >= 15 is 0 Å². The van der Waals surface area contributed by atoms with Crippen LogP contribution in [-0.2, 0) is 4.79 Å². The van der Waals surface area contributed by atoms with E-state index in [0.29, 0.717) is 35.7 Å². The highest BCUT2D eigenvalue weighted by molar-refractivity contribution is 9.09. The van der Waals surface area contributed by atoms with Crippen LogP contribution in [0, 0.1) is 0 Å².